The van der Waals surface area contributed by atoms with Gasteiger partial charge in [0.1, 0.15) is 0 Å². The van der Waals surface area contributed by atoms with Crippen LogP contribution in [0.25, 0.3) is 0 Å². The van der Waals surface area contributed by atoms with Crippen molar-refractivity contribution in [2.75, 3.05) is 32.7 Å². The Labute approximate surface area is 95.3 Å². The van der Waals surface area contributed by atoms with Gasteiger partial charge >= 0.3 is 0 Å². The lowest BCUT2D eigenvalue weighted by molar-refractivity contribution is 0.229. The standard InChI is InChI=1S/C11H19N3S/c1-9-2-3-11(15-9)10(12)8-14-6-4-13-5-7-14/h2-3,10,13H,4-8,12H2,1H3. The van der Waals surface area contributed by atoms with Crippen LogP contribution in [0, 0.1) is 6.92 Å². The van der Waals surface area contributed by atoms with Crippen LogP contribution in [0.1, 0.15) is 15.8 Å². The van der Waals surface area contributed by atoms with Crippen molar-refractivity contribution in [2.24, 2.45) is 5.73 Å². The zero-order valence-corrected chi connectivity index (χ0v) is 10.0. The van der Waals surface area contributed by atoms with Crippen molar-refractivity contribution >= 4 is 11.3 Å². The molecule has 0 saturated carbocycles. The molecule has 0 aromatic carbocycles. The Morgan fingerprint density at radius 2 is 2.20 bits per heavy atom. The van der Waals surface area contributed by atoms with E-state index in [-0.39, 0.29) is 6.04 Å². The van der Waals surface area contributed by atoms with E-state index in [4.69, 9.17) is 5.73 Å². The molecule has 3 N–H and O–H groups in total. The predicted octanol–water partition coefficient (Wildman–Crippen LogP) is 0.962. The Morgan fingerprint density at radius 1 is 1.47 bits per heavy atom. The molecule has 1 unspecified atom stereocenters. The highest BCUT2D eigenvalue weighted by molar-refractivity contribution is 7.12. The molecule has 1 aromatic rings. The van der Waals surface area contributed by atoms with Crippen molar-refractivity contribution in [1.82, 2.24) is 10.2 Å². The number of hydrogen-bond donors (Lipinski definition) is 2. The molecular formula is C11H19N3S. The summed E-state index contributed by atoms with van der Waals surface area (Å²) in [5.41, 5.74) is 6.19. The number of piperazine rings is 1. The maximum Gasteiger partial charge on any atom is 0.0519 e. The van der Waals surface area contributed by atoms with Crippen LogP contribution in [0.3, 0.4) is 0 Å². The fourth-order valence-corrected chi connectivity index (χ4v) is 2.78. The van der Waals surface area contributed by atoms with Crippen LogP contribution >= 0.6 is 11.3 Å². The summed E-state index contributed by atoms with van der Waals surface area (Å²) in [6.07, 6.45) is 0. The van der Waals surface area contributed by atoms with Gasteiger partial charge in [0.15, 0.2) is 0 Å². The Balaban J connectivity index is 1.88. The zero-order chi connectivity index (χ0) is 10.7. The van der Waals surface area contributed by atoms with Gasteiger partial charge in [-0.2, -0.15) is 0 Å². The molecule has 1 aliphatic heterocycles. The molecule has 15 heavy (non-hydrogen) atoms. The van der Waals surface area contributed by atoms with Gasteiger partial charge in [-0.05, 0) is 19.1 Å². The lowest BCUT2D eigenvalue weighted by Gasteiger charge is -2.29. The van der Waals surface area contributed by atoms with E-state index >= 15 is 0 Å². The third kappa shape index (κ3) is 3.01. The van der Waals surface area contributed by atoms with E-state index in [2.05, 4.69) is 29.3 Å². The molecule has 0 spiro atoms. The third-order valence-corrected chi connectivity index (χ3v) is 3.92. The predicted molar refractivity (Wildman–Crippen MR) is 65.3 cm³/mol. The van der Waals surface area contributed by atoms with Crippen molar-refractivity contribution in [3.05, 3.63) is 21.9 Å². The SMILES string of the molecule is Cc1ccc(C(N)CN2CCNCC2)s1. The molecule has 3 nitrogen and oxygen atoms in total. The first-order valence-corrected chi connectivity index (χ1v) is 6.32. The minimum absolute atomic E-state index is 0.182. The first-order valence-electron chi connectivity index (χ1n) is 5.50. The first kappa shape index (κ1) is 11.1. The molecule has 1 aromatic heterocycles. The number of thiophene rings is 1. The van der Waals surface area contributed by atoms with E-state index in [0.29, 0.717) is 0 Å². The van der Waals surface area contributed by atoms with Crippen molar-refractivity contribution in [3.8, 4) is 0 Å². The summed E-state index contributed by atoms with van der Waals surface area (Å²) in [6, 6.07) is 4.49. The van der Waals surface area contributed by atoms with E-state index < -0.39 is 0 Å². The second kappa shape index (κ2) is 5.07. The molecule has 1 atom stereocenters. The van der Waals surface area contributed by atoms with Gasteiger partial charge in [0.25, 0.3) is 0 Å². The maximum absolute atomic E-state index is 6.19. The molecule has 1 saturated heterocycles. The van der Waals surface area contributed by atoms with Crippen molar-refractivity contribution in [1.29, 1.82) is 0 Å². The van der Waals surface area contributed by atoms with E-state index in [9.17, 15) is 0 Å². The molecule has 0 bridgehead atoms. The normalized spacial score (nSPS) is 20.4. The fraction of sp³-hybridized carbons (Fsp3) is 0.636. The Morgan fingerprint density at radius 3 is 2.80 bits per heavy atom. The molecule has 2 rings (SSSR count). The molecule has 0 amide bonds. The van der Waals surface area contributed by atoms with Gasteiger partial charge in [-0.15, -0.1) is 11.3 Å². The minimum Gasteiger partial charge on any atom is -0.322 e. The molecule has 84 valence electrons. The maximum atomic E-state index is 6.19. The first-order chi connectivity index (χ1) is 7.25. The lowest BCUT2D eigenvalue weighted by atomic mass is 10.2. The van der Waals surface area contributed by atoms with Crippen molar-refractivity contribution < 1.29 is 0 Å². The highest BCUT2D eigenvalue weighted by Crippen LogP contribution is 2.21. The largest absolute Gasteiger partial charge is 0.322 e. The van der Waals surface area contributed by atoms with Gasteiger partial charge in [-0.3, -0.25) is 4.90 Å². The Hall–Kier alpha value is -0.420. The second-order valence-corrected chi connectivity index (χ2v) is 5.42. The highest BCUT2D eigenvalue weighted by Gasteiger charge is 2.15. The van der Waals surface area contributed by atoms with Gasteiger partial charge in [0, 0.05) is 42.5 Å². The van der Waals surface area contributed by atoms with Crippen LogP contribution in [-0.4, -0.2) is 37.6 Å². The molecule has 2 heterocycles. The smallest absolute Gasteiger partial charge is 0.0519 e. The fourth-order valence-electron chi connectivity index (χ4n) is 1.91. The van der Waals surface area contributed by atoms with E-state index in [1.165, 1.54) is 9.75 Å². The minimum atomic E-state index is 0.182. The molecule has 0 aliphatic carbocycles. The van der Waals surface area contributed by atoms with Gasteiger partial charge in [-0.1, -0.05) is 0 Å². The van der Waals surface area contributed by atoms with Crippen molar-refractivity contribution in [2.45, 2.75) is 13.0 Å². The molecule has 4 heteroatoms. The molecular weight excluding hydrogens is 206 g/mol. The van der Waals surface area contributed by atoms with Gasteiger partial charge in [0.2, 0.25) is 0 Å². The molecule has 0 radical (unpaired) electrons. The number of aryl methyl sites for hydroxylation is 1. The summed E-state index contributed by atoms with van der Waals surface area (Å²) in [7, 11) is 0. The number of nitrogens with two attached hydrogens (primary N) is 1. The van der Waals surface area contributed by atoms with Crippen LogP contribution in [0.2, 0.25) is 0 Å². The number of nitrogens with one attached hydrogen (secondary N) is 1. The van der Waals surface area contributed by atoms with Crippen LogP contribution < -0.4 is 11.1 Å². The van der Waals surface area contributed by atoms with E-state index in [1.54, 1.807) is 0 Å². The summed E-state index contributed by atoms with van der Waals surface area (Å²) < 4.78 is 0. The quantitative estimate of drug-likeness (QED) is 0.805. The van der Waals surface area contributed by atoms with Crippen LogP contribution in [0.5, 0.6) is 0 Å². The zero-order valence-electron chi connectivity index (χ0n) is 9.20. The second-order valence-electron chi connectivity index (χ2n) is 4.11. The van der Waals surface area contributed by atoms with E-state index in [1.807, 2.05) is 11.3 Å². The summed E-state index contributed by atoms with van der Waals surface area (Å²) in [6.45, 7) is 7.55. The van der Waals surface area contributed by atoms with E-state index in [0.717, 1.165) is 32.7 Å². The van der Waals surface area contributed by atoms with Crippen LogP contribution in [0.4, 0.5) is 0 Å². The lowest BCUT2D eigenvalue weighted by Crippen LogP contribution is -2.45. The summed E-state index contributed by atoms with van der Waals surface area (Å²) >= 11 is 1.82. The van der Waals surface area contributed by atoms with Crippen LogP contribution in [-0.2, 0) is 0 Å². The van der Waals surface area contributed by atoms with Gasteiger partial charge in [-0.25, -0.2) is 0 Å². The Bertz CT molecular complexity index is 305. The number of hydrogen-bond acceptors (Lipinski definition) is 4. The Kier molecular flexibility index (Phi) is 3.75. The topological polar surface area (TPSA) is 41.3 Å². The average molecular weight is 225 g/mol. The van der Waals surface area contributed by atoms with Gasteiger partial charge in [0.05, 0.1) is 6.04 Å². The number of rotatable bonds is 3. The molecule has 1 fully saturated rings. The monoisotopic (exact) mass is 225 g/mol. The molecule has 1 aliphatic rings. The highest BCUT2D eigenvalue weighted by atomic mass is 32.1. The van der Waals surface area contributed by atoms with Crippen molar-refractivity contribution in [3.63, 3.8) is 0 Å². The summed E-state index contributed by atoms with van der Waals surface area (Å²) in [4.78, 5) is 5.10. The average Bonchev–Trinajstić information content (AvgIpc) is 2.66. The van der Waals surface area contributed by atoms with Gasteiger partial charge < -0.3 is 11.1 Å². The number of nitrogens with zero attached hydrogens (tertiary/aromatic N) is 1. The summed E-state index contributed by atoms with van der Waals surface area (Å²) in [5, 5.41) is 3.35. The third-order valence-electron chi connectivity index (χ3n) is 2.79. The van der Waals surface area contributed by atoms with Crippen LogP contribution in [0.15, 0.2) is 12.1 Å². The summed E-state index contributed by atoms with van der Waals surface area (Å²) in [5.74, 6) is 0.